The summed E-state index contributed by atoms with van der Waals surface area (Å²) in [6, 6.07) is 6.74. The zero-order chi connectivity index (χ0) is 18.3. The van der Waals surface area contributed by atoms with Gasteiger partial charge in [0.2, 0.25) is 0 Å². The molecule has 0 fully saturated rings. The molecule has 0 aliphatic carbocycles. The second kappa shape index (κ2) is 8.32. The van der Waals surface area contributed by atoms with E-state index in [9.17, 15) is 9.59 Å². The molecule has 1 heterocycles. The van der Waals surface area contributed by atoms with E-state index in [0.29, 0.717) is 17.8 Å². The van der Waals surface area contributed by atoms with Gasteiger partial charge in [0.05, 0.1) is 6.33 Å². The molecule has 2 aromatic rings. The first-order valence-corrected chi connectivity index (χ1v) is 8.17. The summed E-state index contributed by atoms with van der Waals surface area (Å²) in [7, 11) is 0. The van der Waals surface area contributed by atoms with Crippen molar-refractivity contribution in [2.45, 2.75) is 39.3 Å². The molecule has 2 N–H and O–H groups in total. The molecule has 0 saturated heterocycles. The maximum atomic E-state index is 12.2. The van der Waals surface area contributed by atoms with Crippen LogP contribution < -0.4 is 10.6 Å². The number of benzene rings is 1. The Hall–Kier alpha value is -2.83. The van der Waals surface area contributed by atoms with Crippen molar-refractivity contribution in [1.29, 1.82) is 0 Å². The molecular formula is C18H24N4O3. The van der Waals surface area contributed by atoms with Crippen LogP contribution in [0.1, 0.15) is 37.6 Å². The molecule has 0 bridgehead atoms. The number of amides is 2. The van der Waals surface area contributed by atoms with Gasteiger partial charge in [-0.1, -0.05) is 6.07 Å². The lowest BCUT2D eigenvalue weighted by molar-refractivity contribution is 0.0635. The topological polar surface area (TPSA) is 85.2 Å². The molecule has 7 heteroatoms. The Morgan fingerprint density at radius 2 is 2.08 bits per heavy atom. The third-order valence-corrected chi connectivity index (χ3v) is 3.21. The van der Waals surface area contributed by atoms with E-state index in [1.54, 1.807) is 57.6 Å². The van der Waals surface area contributed by atoms with Gasteiger partial charge >= 0.3 is 6.09 Å². The van der Waals surface area contributed by atoms with Gasteiger partial charge in [-0.25, -0.2) is 9.78 Å². The minimum Gasteiger partial charge on any atom is -0.444 e. The van der Waals surface area contributed by atoms with E-state index in [1.807, 2.05) is 10.8 Å². The Morgan fingerprint density at radius 3 is 2.76 bits per heavy atom. The largest absolute Gasteiger partial charge is 0.444 e. The summed E-state index contributed by atoms with van der Waals surface area (Å²) < 4.78 is 7.15. The van der Waals surface area contributed by atoms with Crippen LogP contribution in [0.4, 0.5) is 10.5 Å². The summed E-state index contributed by atoms with van der Waals surface area (Å²) >= 11 is 0. The minimum absolute atomic E-state index is 0.182. The fourth-order valence-electron chi connectivity index (χ4n) is 2.14. The number of nitrogens with zero attached hydrogens (tertiary/aromatic N) is 2. The standard InChI is InChI=1S/C18H24N4O3/c1-18(2,3)25-17(24)21-15-7-4-6-14(12-15)16(23)20-8-5-10-22-11-9-19-13-22/h4,6-7,9,11-13H,5,8,10H2,1-3H3,(H,20,23)(H,21,24). The lowest BCUT2D eigenvalue weighted by Crippen LogP contribution is -2.27. The number of hydrogen-bond acceptors (Lipinski definition) is 4. The minimum atomic E-state index is -0.575. The van der Waals surface area contributed by atoms with Crippen LogP contribution in [0, 0.1) is 0 Å². The van der Waals surface area contributed by atoms with E-state index in [0.717, 1.165) is 13.0 Å². The Morgan fingerprint density at radius 1 is 1.28 bits per heavy atom. The molecule has 0 radical (unpaired) electrons. The quantitative estimate of drug-likeness (QED) is 0.789. The van der Waals surface area contributed by atoms with E-state index < -0.39 is 11.7 Å². The second-order valence-electron chi connectivity index (χ2n) is 6.62. The zero-order valence-electron chi connectivity index (χ0n) is 14.8. The SMILES string of the molecule is CC(C)(C)OC(=O)Nc1cccc(C(=O)NCCCn2ccnc2)c1. The van der Waals surface area contributed by atoms with E-state index in [2.05, 4.69) is 15.6 Å². The van der Waals surface area contributed by atoms with Gasteiger partial charge in [-0.3, -0.25) is 10.1 Å². The maximum absolute atomic E-state index is 12.2. The summed E-state index contributed by atoms with van der Waals surface area (Å²) in [6.07, 6.45) is 5.60. The predicted octanol–water partition coefficient (Wildman–Crippen LogP) is 3.05. The summed E-state index contributed by atoms with van der Waals surface area (Å²) in [5.41, 5.74) is 0.422. The predicted molar refractivity (Wildman–Crippen MR) is 95.5 cm³/mol. The number of hydrogen-bond donors (Lipinski definition) is 2. The van der Waals surface area contributed by atoms with Gasteiger partial charge in [0.25, 0.3) is 5.91 Å². The van der Waals surface area contributed by atoms with Crippen LogP contribution in [-0.4, -0.2) is 33.7 Å². The Labute approximate surface area is 147 Å². The fourth-order valence-corrected chi connectivity index (χ4v) is 2.14. The molecule has 134 valence electrons. The summed E-state index contributed by atoms with van der Waals surface area (Å²) in [6.45, 7) is 6.72. The lowest BCUT2D eigenvalue weighted by atomic mass is 10.2. The molecule has 1 aromatic carbocycles. The molecule has 0 unspecified atom stereocenters. The molecule has 0 atom stereocenters. The van der Waals surface area contributed by atoms with Gasteiger partial charge in [-0.2, -0.15) is 0 Å². The molecule has 1 aromatic heterocycles. The van der Waals surface area contributed by atoms with Gasteiger partial charge < -0.3 is 14.6 Å². The van der Waals surface area contributed by atoms with Crippen LogP contribution in [0.2, 0.25) is 0 Å². The van der Waals surface area contributed by atoms with Crippen molar-refractivity contribution >= 4 is 17.7 Å². The number of ether oxygens (including phenoxy) is 1. The first kappa shape index (κ1) is 18.5. The first-order valence-electron chi connectivity index (χ1n) is 8.17. The lowest BCUT2D eigenvalue weighted by Gasteiger charge is -2.19. The molecule has 0 aliphatic heterocycles. The zero-order valence-corrected chi connectivity index (χ0v) is 14.8. The van der Waals surface area contributed by atoms with E-state index in [4.69, 9.17) is 4.74 Å². The van der Waals surface area contributed by atoms with Crippen LogP contribution >= 0.6 is 0 Å². The molecule has 2 amide bonds. The van der Waals surface area contributed by atoms with Gasteiger partial charge in [0.1, 0.15) is 5.60 Å². The van der Waals surface area contributed by atoms with Crippen LogP contribution in [0.15, 0.2) is 43.0 Å². The number of aryl methyl sites for hydroxylation is 1. The average molecular weight is 344 g/mol. The number of carbonyl (C=O) groups is 2. The molecule has 7 nitrogen and oxygen atoms in total. The van der Waals surface area contributed by atoms with E-state index in [-0.39, 0.29) is 5.91 Å². The summed E-state index contributed by atoms with van der Waals surface area (Å²) in [4.78, 5) is 28.0. The third-order valence-electron chi connectivity index (χ3n) is 3.21. The number of nitrogens with one attached hydrogen (secondary N) is 2. The van der Waals surface area contributed by atoms with E-state index >= 15 is 0 Å². The first-order chi connectivity index (χ1) is 11.8. The molecule has 0 spiro atoms. The van der Waals surface area contributed by atoms with Crippen LogP contribution in [0.25, 0.3) is 0 Å². The third kappa shape index (κ3) is 6.66. The van der Waals surface area contributed by atoms with Gasteiger partial charge in [0, 0.05) is 36.7 Å². The van der Waals surface area contributed by atoms with E-state index in [1.165, 1.54) is 0 Å². The van der Waals surface area contributed by atoms with Crippen LogP contribution in [0.5, 0.6) is 0 Å². The normalized spacial score (nSPS) is 11.0. The number of carbonyl (C=O) groups excluding carboxylic acids is 2. The van der Waals surface area contributed by atoms with Crippen LogP contribution in [-0.2, 0) is 11.3 Å². The highest BCUT2D eigenvalue weighted by atomic mass is 16.6. The molecule has 2 rings (SSSR count). The monoisotopic (exact) mass is 344 g/mol. The van der Waals surface area contributed by atoms with Crippen molar-refractivity contribution in [2.24, 2.45) is 0 Å². The maximum Gasteiger partial charge on any atom is 0.412 e. The van der Waals surface area contributed by atoms with Crippen LogP contribution in [0.3, 0.4) is 0 Å². The van der Waals surface area contributed by atoms with Gasteiger partial charge in [-0.15, -0.1) is 0 Å². The highest BCUT2D eigenvalue weighted by molar-refractivity contribution is 5.96. The van der Waals surface area contributed by atoms with Crippen molar-refractivity contribution in [3.05, 3.63) is 48.5 Å². The molecule has 0 aliphatic rings. The van der Waals surface area contributed by atoms with Crippen molar-refractivity contribution in [3.8, 4) is 0 Å². The molecule has 25 heavy (non-hydrogen) atoms. The Bertz CT molecular complexity index is 705. The fraction of sp³-hybridized carbons (Fsp3) is 0.389. The van der Waals surface area contributed by atoms with Crippen molar-refractivity contribution in [1.82, 2.24) is 14.9 Å². The average Bonchev–Trinajstić information content (AvgIpc) is 3.03. The van der Waals surface area contributed by atoms with Crippen molar-refractivity contribution in [3.63, 3.8) is 0 Å². The highest BCUT2D eigenvalue weighted by Gasteiger charge is 2.16. The Kier molecular flexibility index (Phi) is 6.16. The molecule has 0 saturated carbocycles. The number of anilines is 1. The summed E-state index contributed by atoms with van der Waals surface area (Å²) in [5.74, 6) is -0.182. The number of imidazole rings is 1. The number of rotatable bonds is 6. The van der Waals surface area contributed by atoms with Gasteiger partial charge in [-0.05, 0) is 45.4 Å². The second-order valence-corrected chi connectivity index (χ2v) is 6.62. The number of aromatic nitrogens is 2. The Balaban J connectivity index is 1.82. The highest BCUT2D eigenvalue weighted by Crippen LogP contribution is 2.13. The smallest absolute Gasteiger partial charge is 0.412 e. The van der Waals surface area contributed by atoms with Gasteiger partial charge in [0.15, 0.2) is 0 Å². The van der Waals surface area contributed by atoms with Crippen molar-refractivity contribution < 1.29 is 14.3 Å². The summed E-state index contributed by atoms with van der Waals surface area (Å²) in [5, 5.41) is 5.49. The molecular weight excluding hydrogens is 320 g/mol. The van der Waals surface area contributed by atoms with Crippen molar-refractivity contribution in [2.75, 3.05) is 11.9 Å².